The number of hydrogen-bond acceptors (Lipinski definition) is 10. The van der Waals surface area contributed by atoms with Crippen molar-refractivity contribution in [1.29, 1.82) is 0 Å². The standard InChI is InChI=1S/C34H28BrN3O8S2/c1-3-45-32(42)18-8-12-22(13-9-18)36-24(39)17-37-31-28(48-34(37)44)25(20-6-5-7-21(35)16-20)26-27(47-31)30(41)38(29(26)40)23-14-10-19(11-15-23)33(43)46-4-2/h5-16,25-27H,3-4,17H2,1-2H3,(H,36,39)/t25-,26?,27?/m1/s1. The lowest BCUT2D eigenvalue weighted by molar-refractivity contribution is -0.122. The molecule has 246 valence electrons. The van der Waals surface area contributed by atoms with Crippen LogP contribution >= 0.6 is 39.0 Å². The molecule has 4 aromatic rings. The Morgan fingerprint density at radius 2 is 1.48 bits per heavy atom. The molecule has 3 atom stereocenters. The summed E-state index contributed by atoms with van der Waals surface area (Å²) in [5.74, 6) is -3.82. The number of ether oxygens (including phenoxy) is 2. The zero-order valence-electron chi connectivity index (χ0n) is 25.6. The monoisotopic (exact) mass is 749 g/mol. The van der Waals surface area contributed by atoms with Gasteiger partial charge in [-0.05, 0) is 80.1 Å². The lowest BCUT2D eigenvalue weighted by Gasteiger charge is -2.30. The molecule has 6 rings (SSSR count). The van der Waals surface area contributed by atoms with Crippen molar-refractivity contribution in [2.75, 3.05) is 23.4 Å². The summed E-state index contributed by atoms with van der Waals surface area (Å²) < 4.78 is 12.1. The molecule has 1 aromatic heterocycles. The number of fused-ring (bicyclic) bond motifs is 2. The van der Waals surface area contributed by atoms with E-state index < -0.39 is 51.6 Å². The van der Waals surface area contributed by atoms with Crippen molar-refractivity contribution in [3.05, 3.63) is 109 Å². The van der Waals surface area contributed by atoms with Gasteiger partial charge >= 0.3 is 16.8 Å². The number of nitrogens with one attached hydrogen (secondary N) is 1. The van der Waals surface area contributed by atoms with Crippen LogP contribution in [0.25, 0.3) is 0 Å². The molecule has 3 aromatic carbocycles. The molecule has 3 amide bonds. The van der Waals surface area contributed by atoms with Gasteiger partial charge in [0.2, 0.25) is 17.7 Å². The van der Waals surface area contributed by atoms with E-state index in [2.05, 4.69) is 21.2 Å². The molecular weight excluding hydrogens is 722 g/mol. The SMILES string of the molecule is CCOC(=O)c1ccc(NC(=O)Cn2c3c(sc2=O)[C@H](c2cccc(Br)c2)C2C(=O)N(c4ccc(C(=O)OCC)cc4)C(=O)C2S3)cc1. The van der Waals surface area contributed by atoms with Gasteiger partial charge in [-0.2, -0.15) is 0 Å². The van der Waals surface area contributed by atoms with Crippen molar-refractivity contribution < 1.29 is 33.4 Å². The molecule has 2 aliphatic rings. The van der Waals surface area contributed by atoms with Gasteiger partial charge in [-0.25, -0.2) is 14.5 Å². The van der Waals surface area contributed by atoms with Gasteiger partial charge in [0.25, 0.3) is 0 Å². The number of thiazole rings is 1. The van der Waals surface area contributed by atoms with E-state index in [9.17, 15) is 28.8 Å². The first-order valence-electron chi connectivity index (χ1n) is 15.0. The van der Waals surface area contributed by atoms with Crippen LogP contribution in [0.15, 0.2) is 87.1 Å². The maximum atomic E-state index is 14.1. The Labute approximate surface area is 291 Å². The number of thioether (sulfide) groups is 1. The first-order valence-corrected chi connectivity index (χ1v) is 17.5. The Morgan fingerprint density at radius 3 is 2.08 bits per heavy atom. The van der Waals surface area contributed by atoms with E-state index in [4.69, 9.17) is 9.47 Å². The number of esters is 2. The molecule has 11 nitrogen and oxygen atoms in total. The largest absolute Gasteiger partial charge is 0.462 e. The van der Waals surface area contributed by atoms with Crippen LogP contribution in [0, 0.1) is 5.92 Å². The Kier molecular flexibility index (Phi) is 9.67. The smallest absolute Gasteiger partial charge is 0.338 e. The van der Waals surface area contributed by atoms with Crippen molar-refractivity contribution in [2.24, 2.45) is 5.92 Å². The van der Waals surface area contributed by atoms with Crippen LogP contribution in [0.3, 0.4) is 0 Å². The predicted molar refractivity (Wildman–Crippen MR) is 184 cm³/mol. The molecule has 0 spiro atoms. The Hall–Kier alpha value is -4.53. The van der Waals surface area contributed by atoms with Gasteiger partial charge in [0, 0.05) is 21.0 Å². The van der Waals surface area contributed by atoms with Crippen LogP contribution in [-0.4, -0.2) is 52.7 Å². The summed E-state index contributed by atoms with van der Waals surface area (Å²) in [6.45, 7) is 3.53. The second kappa shape index (κ2) is 13.9. The quantitative estimate of drug-likeness (QED) is 0.175. The van der Waals surface area contributed by atoms with Crippen molar-refractivity contribution in [3.8, 4) is 0 Å². The van der Waals surface area contributed by atoms with E-state index in [1.165, 1.54) is 41.0 Å². The fourth-order valence-corrected chi connectivity index (χ4v) is 8.97. The number of hydrogen-bond donors (Lipinski definition) is 1. The Morgan fingerprint density at radius 1 is 0.854 bits per heavy atom. The maximum Gasteiger partial charge on any atom is 0.338 e. The molecule has 48 heavy (non-hydrogen) atoms. The molecule has 2 unspecified atom stereocenters. The van der Waals surface area contributed by atoms with Gasteiger partial charge in [-0.1, -0.05) is 51.2 Å². The number of halogens is 1. The second-order valence-electron chi connectivity index (χ2n) is 10.8. The van der Waals surface area contributed by atoms with E-state index in [0.717, 1.165) is 38.0 Å². The van der Waals surface area contributed by atoms with Gasteiger partial charge < -0.3 is 14.8 Å². The van der Waals surface area contributed by atoms with Crippen LogP contribution in [0.5, 0.6) is 0 Å². The highest BCUT2D eigenvalue weighted by atomic mass is 79.9. The van der Waals surface area contributed by atoms with E-state index in [0.29, 0.717) is 26.8 Å². The number of aromatic nitrogens is 1. The summed E-state index contributed by atoms with van der Waals surface area (Å²) in [5.41, 5.74) is 2.10. The zero-order chi connectivity index (χ0) is 34.1. The van der Waals surface area contributed by atoms with E-state index in [1.807, 2.05) is 24.3 Å². The molecule has 0 aliphatic carbocycles. The summed E-state index contributed by atoms with van der Waals surface area (Å²) in [6.07, 6.45) is 0. The van der Waals surface area contributed by atoms with Crippen LogP contribution < -0.4 is 15.1 Å². The maximum absolute atomic E-state index is 14.1. The lowest BCUT2D eigenvalue weighted by Crippen LogP contribution is -2.33. The van der Waals surface area contributed by atoms with Gasteiger partial charge in [0.05, 0.1) is 41.0 Å². The third kappa shape index (κ3) is 6.34. The zero-order valence-corrected chi connectivity index (χ0v) is 28.9. The minimum absolute atomic E-state index is 0.211. The summed E-state index contributed by atoms with van der Waals surface area (Å²) in [7, 11) is 0. The fraction of sp³-hybridized carbons (Fsp3) is 0.235. The van der Waals surface area contributed by atoms with E-state index in [-0.39, 0.29) is 25.3 Å². The van der Waals surface area contributed by atoms with Crippen LogP contribution in [0.1, 0.15) is 50.9 Å². The lowest BCUT2D eigenvalue weighted by atomic mass is 9.83. The van der Waals surface area contributed by atoms with Crippen LogP contribution in [0.4, 0.5) is 11.4 Å². The van der Waals surface area contributed by atoms with E-state index >= 15 is 0 Å². The molecule has 0 saturated carbocycles. The molecule has 3 heterocycles. The number of carbonyl (C=O) groups is 5. The van der Waals surface area contributed by atoms with Crippen molar-refractivity contribution in [2.45, 2.75) is 36.6 Å². The molecule has 1 saturated heterocycles. The third-order valence-corrected chi connectivity index (χ3v) is 11.0. The predicted octanol–water partition coefficient (Wildman–Crippen LogP) is 5.46. The molecule has 14 heteroatoms. The fourth-order valence-electron chi connectivity index (χ4n) is 5.78. The first-order chi connectivity index (χ1) is 23.1. The minimum atomic E-state index is -0.877. The highest BCUT2D eigenvalue weighted by Gasteiger charge is 2.56. The normalized spacial score (nSPS) is 18.2. The average Bonchev–Trinajstić information content (AvgIpc) is 3.51. The summed E-state index contributed by atoms with van der Waals surface area (Å²) in [4.78, 5) is 80.3. The van der Waals surface area contributed by atoms with Crippen LogP contribution in [0.2, 0.25) is 0 Å². The third-order valence-electron chi connectivity index (χ3n) is 7.88. The van der Waals surface area contributed by atoms with Crippen molar-refractivity contribution >= 4 is 80.1 Å². The topological polar surface area (TPSA) is 141 Å². The molecule has 1 N–H and O–H groups in total. The molecule has 0 bridgehead atoms. The number of imide groups is 1. The Bertz CT molecular complexity index is 1990. The van der Waals surface area contributed by atoms with E-state index in [1.54, 1.807) is 26.0 Å². The van der Waals surface area contributed by atoms with Crippen molar-refractivity contribution in [1.82, 2.24) is 4.57 Å². The average molecular weight is 751 g/mol. The summed E-state index contributed by atoms with van der Waals surface area (Å²) >= 11 is 5.56. The number of anilines is 2. The van der Waals surface area contributed by atoms with Crippen molar-refractivity contribution in [3.63, 3.8) is 0 Å². The first kappa shape index (κ1) is 33.4. The molecular formula is C34H28BrN3O8S2. The van der Waals surface area contributed by atoms with Gasteiger partial charge in [-0.3, -0.25) is 23.7 Å². The summed E-state index contributed by atoms with van der Waals surface area (Å²) in [6, 6.07) is 19.6. The Balaban J connectivity index is 1.32. The number of nitrogens with zero attached hydrogens (tertiary/aromatic N) is 2. The minimum Gasteiger partial charge on any atom is -0.462 e. The number of carbonyl (C=O) groups excluding carboxylic acids is 5. The molecule has 0 radical (unpaired) electrons. The second-order valence-corrected chi connectivity index (χ2v) is 13.9. The number of benzene rings is 3. The highest BCUT2D eigenvalue weighted by Crippen LogP contribution is 2.54. The molecule has 1 fully saturated rings. The number of amides is 3. The highest BCUT2D eigenvalue weighted by molar-refractivity contribution is 9.10. The molecule has 2 aliphatic heterocycles. The van der Waals surface area contributed by atoms with Gasteiger partial charge in [0.1, 0.15) is 11.8 Å². The van der Waals surface area contributed by atoms with Gasteiger partial charge in [-0.15, -0.1) is 0 Å². The van der Waals surface area contributed by atoms with Crippen LogP contribution in [-0.2, 0) is 30.4 Å². The summed E-state index contributed by atoms with van der Waals surface area (Å²) in [5, 5.41) is 2.32. The van der Waals surface area contributed by atoms with Gasteiger partial charge in [0.15, 0.2) is 0 Å². The number of rotatable bonds is 9.